The summed E-state index contributed by atoms with van der Waals surface area (Å²) in [6.45, 7) is 0.639. The third-order valence-electron chi connectivity index (χ3n) is 7.11. The van der Waals surface area contributed by atoms with Crippen molar-refractivity contribution < 1.29 is 31.5 Å². The van der Waals surface area contributed by atoms with Gasteiger partial charge in [-0.25, -0.2) is 0 Å². The number of benzene rings is 3. The van der Waals surface area contributed by atoms with E-state index in [2.05, 4.69) is 0 Å². The Kier molecular flexibility index (Phi) is 10.9. The first-order valence-corrected chi connectivity index (χ1v) is 16.8. The smallest absolute Gasteiger partial charge is 0.264 e. The predicted octanol–water partition coefficient (Wildman–Crippen LogP) is 4.48. The Morgan fingerprint density at radius 2 is 1.33 bits per heavy atom. The van der Waals surface area contributed by atoms with E-state index in [-0.39, 0.29) is 24.7 Å². The van der Waals surface area contributed by atoms with Crippen molar-refractivity contribution in [3.63, 3.8) is 0 Å². The molecule has 3 aromatic carbocycles. The maximum Gasteiger partial charge on any atom is 0.264 e. The molecule has 11 heteroatoms. The molecule has 0 aliphatic carbocycles. The topological polar surface area (TPSA) is 95.9 Å². The van der Waals surface area contributed by atoms with Gasteiger partial charge in [-0.05, 0) is 16.7 Å². The Labute approximate surface area is 258 Å². The molecule has 0 bridgehead atoms. The van der Waals surface area contributed by atoms with Gasteiger partial charge in [0.1, 0.15) is 35.9 Å². The molecular formula is C32H38N2O7S2. The molecule has 2 aliphatic heterocycles. The molecule has 3 aromatic rings. The summed E-state index contributed by atoms with van der Waals surface area (Å²) in [4.78, 5) is 6.94. The Morgan fingerprint density at radius 1 is 0.814 bits per heavy atom. The fourth-order valence-corrected chi connectivity index (χ4v) is 6.51. The number of hydrogen-bond donors (Lipinski definition) is 0. The second kappa shape index (κ2) is 14.8. The molecule has 0 amide bonds. The monoisotopic (exact) mass is 626 g/mol. The van der Waals surface area contributed by atoms with E-state index in [4.69, 9.17) is 28.1 Å². The van der Waals surface area contributed by atoms with Crippen LogP contribution in [0.4, 0.5) is 0 Å². The van der Waals surface area contributed by atoms with Crippen molar-refractivity contribution in [3.8, 4) is 0 Å². The number of ether oxygens (including phenoxy) is 4. The minimum atomic E-state index is -3.75. The molecule has 1 saturated heterocycles. The summed E-state index contributed by atoms with van der Waals surface area (Å²) in [5, 5.41) is 0.819. The number of fused-ring (bicyclic) bond motifs is 1. The lowest BCUT2D eigenvalue weighted by molar-refractivity contribution is -0.231. The molecule has 0 radical (unpaired) electrons. The lowest BCUT2D eigenvalue weighted by Gasteiger charge is -2.45. The minimum absolute atomic E-state index is 0.236. The number of aliphatic imine (C=N–C) groups is 1. The fraction of sp³-hybridized carbons (Fsp3) is 0.406. The van der Waals surface area contributed by atoms with Crippen molar-refractivity contribution in [2.45, 2.75) is 55.7 Å². The fourth-order valence-electron chi connectivity index (χ4n) is 4.99. The molecule has 9 nitrogen and oxygen atoms in total. The molecule has 2 aliphatic rings. The zero-order valence-corrected chi connectivity index (χ0v) is 26.2. The van der Waals surface area contributed by atoms with Crippen molar-refractivity contribution in [3.05, 3.63) is 108 Å². The maximum absolute atomic E-state index is 12.1. The molecule has 230 valence electrons. The molecule has 0 unspecified atom stereocenters. The average molecular weight is 627 g/mol. The van der Waals surface area contributed by atoms with Gasteiger partial charge < -0.3 is 23.8 Å². The van der Waals surface area contributed by atoms with Crippen LogP contribution in [0.2, 0.25) is 0 Å². The average Bonchev–Trinajstić information content (AvgIpc) is 3.44. The van der Waals surface area contributed by atoms with Crippen LogP contribution >= 0.6 is 11.8 Å². The lowest BCUT2D eigenvalue weighted by Crippen LogP contribution is -2.61. The molecule has 0 saturated carbocycles. The van der Waals surface area contributed by atoms with Gasteiger partial charge in [0.2, 0.25) is 0 Å². The summed E-state index contributed by atoms with van der Waals surface area (Å²) in [5.41, 5.74) is 2.55. The van der Waals surface area contributed by atoms with Crippen molar-refractivity contribution in [1.29, 1.82) is 0 Å². The Bertz CT molecular complexity index is 1430. The van der Waals surface area contributed by atoms with Gasteiger partial charge in [-0.2, -0.15) is 8.42 Å². The van der Waals surface area contributed by atoms with Crippen molar-refractivity contribution in [2.75, 3.05) is 27.0 Å². The van der Waals surface area contributed by atoms with Gasteiger partial charge in [-0.1, -0.05) is 103 Å². The quantitative estimate of drug-likeness (QED) is 0.255. The zero-order chi connectivity index (χ0) is 30.2. The van der Waals surface area contributed by atoms with E-state index in [9.17, 15) is 8.42 Å². The number of rotatable bonds is 13. The summed E-state index contributed by atoms with van der Waals surface area (Å²) in [5.74, 6) is 0. The van der Waals surface area contributed by atoms with E-state index in [0.717, 1.165) is 28.1 Å². The highest BCUT2D eigenvalue weighted by atomic mass is 32.2. The van der Waals surface area contributed by atoms with Gasteiger partial charge in [-0.15, -0.1) is 0 Å². The predicted molar refractivity (Wildman–Crippen MR) is 167 cm³/mol. The van der Waals surface area contributed by atoms with Crippen molar-refractivity contribution in [2.24, 2.45) is 4.99 Å². The van der Waals surface area contributed by atoms with E-state index in [1.165, 1.54) is 11.8 Å². The van der Waals surface area contributed by atoms with Crippen LogP contribution in [0.15, 0.2) is 96.0 Å². The summed E-state index contributed by atoms with van der Waals surface area (Å²) in [7, 11) is 0.127. The van der Waals surface area contributed by atoms with Crippen LogP contribution in [-0.2, 0) is 53.1 Å². The Balaban J connectivity index is 1.48. The van der Waals surface area contributed by atoms with E-state index >= 15 is 0 Å². The van der Waals surface area contributed by atoms with E-state index in [1.807, 2.05) is 110 Å². The zero-order valence-electron chi connectivity index (χ0n) is 24.5. The van der Waals surface area contributed by atoms with Gasteiger partial charge in [0, 0.05) is 14.1 Å². The summed E-state index contributed by atoms with van der Waals surface area (Å²) in [6, 6.07) is 29.1. The van der Waals surface area contributed by atoms with E-state index in [0.29, 0.717) is 13.2 Å². The highest BCUT2D eigenvalue weighted by Gasteiger charge is 2.53. The van der Waals surface area contributed by atoms with Crippen LogP contribution in [0.1, 0.15) is 16.7 Å². The molecule has 0 aromatic heterocycles. The highest BCUT2D eigenvalue weighted by molar-refractivity contribution is 8.14. The molecule has 0 N–H and O–H groups in total. The van der Waals surface area contributed by atoms with Gasteiger partial charge in [0.25, 0.3) is 10.1 Å². The molecule has 1 fully saturated rings. The Hall–Kier alpha value is -2.77. The molecular weight excluding hydrogens is 588 g/mol. The SMILES string of the molecule is CN(C)C1=N[C@@H]2[C@@H](OCc3ccccc3)[C@H](OCc3ccccc3)[C@@H]([C@H](COS(C)(=O)=O)OCc3ccccc3)O[C@@H]2S1. The highest BCUT2D eigenvalue weighted by Crippen LogP contribution is 2.41. The maximum atomic E-state index is 12.1. The second-order valence-electron chi connectivity index (χ2n) is 10.7. The third kappa shape index (κ3) is 8.89. The van der Waals surface area contributed by atoms with Crippen LogP contribution in [0, 0.1) is 0 Å². The minimum Gasteiger partial charge on any atom is -0.368 e. The second-order valence-corrected chi connectivity index (χ2v) is 13.4. The lowest BCUT2D eigenvalue weighted by atomic mass is 9.94. The molecule has 5 rings (SSSR count). The van der Waals surface area contributed by atoms with Crippen LogP contribution in [0.5, 0.6) is 0 Å². The normalized spacial score (nSPS) is 24.3. The number of nitrogens with zero attached hydrogens (tertiary/aromatic N) is 2. The van der Waals surface area contributed by atoms with E-state index in [1.54, 1.807) is 0 Å². The number of thioether (sulfide) groups is 1. The first-order chi connectivity index (χ1) is 20.8. The molecule has 43 heavy (non-hydrogen) atoms. The largest absolute Gasteiger partial charge is 0.368 e. The first kappa shape index (κ1) is 31.6. The summed E-state index contributed by atoms with van der Waals surface area (Å²) >= 11 is 1.51. The van der Waals surface area contributed by atoms with Crippen molar-refractivity contribution in [1.82, 2.24) is 4.90 Å². The van der Waals surface area contributed by atoms with Gasteiger partial charge in [0.05, 0.1) is 32.7 Å². The molecule has 6 atom stereocenters. The van der Waals surface area contributed by atoms with Gasteiger partial charge in [0.15, 0.2) is 5.17 Å². The number of hydrogen-bond acceptors (Lipinski definition) is 10. The summed E-state index contributed by atoms with van der Waals surface area (Å²) in [6.07, 6.45) is -1.65. The van der Waals surface area contributed by atoms with Crippen LogP contribution < -0.4 is 0 Å². The first-order valence-electron chi connectivity index (χ1n) is 14.1. The third-order valence-corrected chi connectivity index (χ3v) is 8.98. The van der Waals surface area contributed by atoms with Crippen molar-refractivity contribution >= 4 is 27.0 Å². The van der Waals surface area contributed by atoms with Crippen LogP contribution in [-0.4, -0.2) is 81.3 Å². The Morgan fingerprint density at radius 3 is 1.84 bits per heavy atom. The molecule has 2 heterocycles. The number of amidine groups is 1. The van der Waals surface area contributed by atoms with Gasteiger partial charge >= 0.3 is 0 Å². The van der Waals surface area contributed by atoms with Crippen LogP contribution in [0.25, 0.3) is 0 Å². The molecule has 0 spiro atoms. The van der Waals surface area contributed by atoms with Gasteiger partial charge in [-0.3, -0.25) is 9.18 Å². The standard InChI is InChI=1S/C32H38N2O7S2/c1-34(2)32-33-27-29(38-20-24-15-9-5-10-16-24)30(39-21-25-17-11-6-12-18-25)28(41-31(27)42-32)26(22-40-43(3,35)36)37-19-23-13-7-4-8-14-23/h4-18,26-31H,19-22H2,1-3H3/t26-,27+,28+,29+,30+,31+/m0/s1. The summed E-state index contributed by atoms with van der Waals surface area (Å²) < 4.78 is 55.9. The van der Waals surface area contributed by atoms with Crippen LogP contribution in [0.3, 0.4) is 0 Å². The van der Waals surface area contributed by atoms with E-state index < -0.39 is 34.5 Å².